The van der Waals surface area contributed by atoms with Crippen LogP contribution >= 0.6 is 0 Å². The van der Waals surface area contributed by atoms with Gasteiger partial charge in [0.05, 0.1) is 5.69 Å². The van der Waals surface area contributed by atoms with Gasteiger partial charge >= 0.3 is 20.4 Å². The zero-order valence-corrected chi connectivity index (χ0v) is 13.1. The molecule has 1 aliphatic heterocycles. The Morgan fingerprint density at radius 3 is 2.48 bits per heavy atom. The Balaban J connectivity index is 2.33. The molecule has 0 amide bonds. The fourth-order valence-electron chi connectivity index (χ4n) is 2.39. The maximum atomic E-state index is 13.2. The molecule has 2 rings (SSSR count). The molecular weight excluding hydrogens is 319 g/mol. The van der Waals surface area contributed by atoms with Gasteiger partial charge in [-0.2, -0.15) is 21.1 Å². The SMILES string of the molecule is CC1CCCCN1S(=O)(=O)Nc1ccccc1S(=O)(=O)F. The third kappa shape index (κ3) is 3.72. The molecule has 118 valence electrons. The van der Waals surface area contributed by atoms with Crippen molar-refractivity contribution in [1.29, 1.82) is 0 Å². The maximum Gasteiger partial charge on any atom is 0.334 e. The molecule has 1 N–H and O–H groups in total. The molecule has 1 aromatic carbocycles. The second-order valence-electron chi connectivity index (χ2n) is 5.00. The topological polar surface area (TPSA) is 83.6 Å². The third-order valence-electron chi connectivity index (χ3n) is 3.44. The van der Waals surface area contributed by atoms with E-state index >= 15 is 0 Å². The molecule has 0 aliphatic carbocycles. The van der Waals surface area contributed by atoms with E-state index < -0.39 is 25.3 Å². The number of piperidine rings is 1. The molecule has 0 aromatic heterocycles. The average Bonchev–Trinajstić information content (AvgIpc) is 2.38. The van der Waals surface area contributed by atoms with Crippen LogP contribution in [0.1, 0.15) is 26.2 Å². The Kier molecular flexibility index (Phi) is 4.54. The van der Waals surface area contributed by atoms with E-state index in [1.165, 1.54) is 22.5 Å². The molecule has 1 atom stereocenters. The lowest BCUT2D eigenvalue weighted by Crippen LogP contribution is -2.44. The van der Waals surface area contributed by atoms with Gasteiger partial charge in [-0.15, -0.1) is 3.89 Å². The number of halogens is 1. The van der Waals surface area contributed by atoms with E-state index in [1.54, 1.807) is 6.92 Å². The molecule has 0 spiro atoms. The molecule has 1 saturated heterocycles. The third-order valence-corrected chi connectivity index (χ3v) is 5.96. The monoisotopic (exact) mass is 336 g/mol. The Morgan fingerprint density at radius 1 is 1.19 bits per heavy atom. The standard InChI is InChI=1S/C12H17FN2O4S2/c1-10-6-4-5-9-15(10)21(18,19)14-11-7-2-3-8-12(11)20(13,16)17/h2-3,7-8,10,14H,4-6,9H2,1H3. The summed E-state index contributed by atoms with van der Waals surface area (Å²) in [5.74, 6) is 0. The van der Waals surface area contributed by atoms with Gasteiger partial charge in [-0.1, -0.05) is 18.6 Å². The summed E-state index contributed by atoms with van der Waals surface area (Å²) in [6.45, 7) is 2.15. The van der Waals surface area contributed by atoms with E-state index in [9.17, 15) is 20.7 Å². The molecule has 1 aromatic rings. The van der Waals surface area contributed by atoms with Gasteiger partial charge in [-0.05, 0) is 31.9 Å². The average molecular weight is 336 g/mol. The summed E-state index contributed by atoms with van der Waals surface area (Å²) in [7, 11) is -8.91. The fourth-order valence-corrected chi connectivity index (χ4v) is 4.60. The van der Waals surface area contributed by atoms with Gasteiger partial charge in [-0.3, -0.25) is 4.72 Å². The van der Waals surface area contributed by atoms with Gasteiger partial charge in [0.15, 0.2) is 0 Å². The van der Waals surface area contributed by atoms with Crippen LogP contribution < -0.4 is 4.72 Å². The highest BCUT2D eigenvalue weighted by Gasteiger charge is 2.30. The Hall–Kier alpha value is -1.19. The van der Waals surface area contributed by atoms with Crippen molar-refractivity contribution in [2.75, 3.05) is 11.3 Å². The fraction of sp³-hybridized carbons (Fsp3) is 0.500. The molecule has 0 saturated carbocycles. The van der Waals surface area contributed by atoms with Gasteiger partial charge in [0.1, 0.15) is 4.90 Å². The minimum absolute atomic E-state index is 0.176. The summed E-state index contributed by atoms with van der Waals surface area (Å²) in [5.41, 5.74) is -0.280. The molecule has 9 heteroatoms. The molecular formula is C12H17FN2O4S2. The lowest BCUT2D eigenvalue weighted by Gasteiger charge is -2.32. The van der Waals surface area contributed by atoms with Crippen molar-refractivity contribution < 1.29 is 20.7 Å². The number of para-hydroxylation sites is 1. The van der Waals surface area contributed by atoms with E-state index in [1.807, 2.05) is 0 Å². The predicted octanol–water partition coefficient (Wildman–Crippen LogP) is 1.88. The quantitative estimate of drug-likeness (QED) is 0.851. The highest BCUT2D eigenvalue weighted by molar-refractivity contribution is 7.90. The second-order valence-corrected chi connectivity index (χ2v) is 7.94. The first-order valence-electron chi connectivity index (χ1n) is 6.55. The first-order chi connectivity index (χ1) is 9.72. The lowest BCUT2D eigenvalue weighted by molar-refractivity contribution is 0.270. The summed E-state index contributed by atoms with van der Waals surface area (Å²) >= 11 is 0. The molecule has 1 fully saturated rings. The van der Waals surface area contributed by atoms with Crippen LogP contribution in [0, 0.1) is 0 Å². The molecule has 1 aliphatic rings. The maximum absolute atomic E-state index is 13.2. The first kappa shape index (κ1) is 16.2. The number of benzene rings is 1. The van der Waals surface area contributed by atoms with Crippen LogP contribution in [0.2, 0.25) is 0 Å². The number of rotatable bonds is 4. The highest BCUT2D eigenvalue weighted by atomic mass is 32.3. The highest BCUT2D eigenvalue weighted by Crippen LogP contribution is 2.26. The summed E-state index contributed by atoms with van der Waals surface area (Å²) in [6, 6.07) is 4.83. The summed E-state index contributed by atoms with van der Waals surface area (Å²) in [5, 5.41) is 0. The first-order valence-corrected chi connectivity index (χ1v) is 9.37. The van der Waals surface area contributed by atoms with Crippen molar-refractivity contribution in [3.05, 3.63) is 24.3 Å². The van der Waals surface area contributed by atoms with E-state index in [-0.39, 0.29) is 11.7 Å². The normalized spacial score (nSPS) is 21.1. The van der Waals surface area contributed by atoms with Crippen LogP contribution in [0.25, 0.3) is 0 Å². The summed E-state index contributed by atoms with van der Waals surface area (Å²) in [4.78, 5) is -0.682. The van der Waals surface area contributed by atoms with Crippen molar-refractivity contribution >= 4 is 26.1 Å². The Labute approximate surface area is 124 Å². The summed E-state index contributed by atoms with van der Waals surface area (Å²) in [6.07, 6.45) is 2.43. The van der Waals surface area contributed by atoms with Gasteiger partial charge in [-0.25, -0.2) is 0 Å². The van der Waals surface area contributed by atoms with Crippen molar-refractivity contribution in [1.82, 2.24) is 4.31 Å². The largest absolute Gasteiger partial charge is 0.334 e. The number of anilines is 1. The van der Waals surface area contributed by atoms with Crippen LogP contribution in [0.5, 0.6) is 0 Å². The minimum Gasteiger partial charge on any atom is -0.269 e. The number of hydrogen-bond acceptors (Lipinski definition) is 4. The molecule has 6 nitrogen and oxygen atoms in total. The predicted molar refractivity (Wildman–Crippen MR) is 77.3 cm³/mol. The van der Waals surface area contributed by atoms with Gasteiger partial charge in [0, 0.05) is 12.6 Å². The minimum atomic E-state index is -5.00. The number of nitrogens with one attached hydrogen (secondary N) is 1. The van der Waals surface area contributed by atoms with Gasteiger partial charge in [0.25, 0.3) is 0 Å². The van der Waals surface area contributed by atoms with Crippen LogP contribution in [-0.2, 0) is 20.4 Å². The van der Waals surface area contributed by atoms with Crippen molar-refractivity contribution in [3.63, 3.8) is 0 Å². The van der Waals surface area contributed by atoms with E-state index in [4.69, 9.17) is 0 Å². The molecule has 21 heavy (non-hydrogen) atoms. The zero-order valence-electron chi connectivity index (χ0n) is 11.5. The van der Waals surface area contributed by atoms with Crippen LogP contribution in [-0.4, -0.2) is 33.7 Å². The second kappa shape index (κ2) is 5.90. The summed E-state index contributed by atoms with van der Waals surface area (Å²) < 4.78 is 63.5. The molecule has 1 unspecified atom stereocenters. The van der Waals surface area contributed by atoms with Crippen LogP contribution in [0.4, 0.5) is 9.57 Å². The van der Waals surface area contributed by atoms with E-state index in [0.29, 0.717) is 6.54 Å². The lowest BCUT2D eigenvalue weighted by atomic mass is 10.1. The smallest absolute Gasteiger partial charge is 0.269 e. The Bertz CT molecular complexity index is 719. The molecule has 0 radical (unpaired) electrons. The van der Waals surface area contributed by atoms with Crippen molar-refractivity contribution in [3.8, 4) is 0 Å². The number of nitrogens with zero attached hydrogens (tertiary/aromatic N) is 1. The van der Waals surface area contributed by atoms with E-state index in [0.717, 1.165) is 25.3 Å². The van der Waals surface area contributed by atoms with Crippen LogP contribution in [0.15, 0.2) is 29.2 Å². The van der Waals surface area contributed by atoms with Gasteiger partial charge in [0.2, 0.25) is 0 Å². The van der Waals surface area contributed by atoms with Crippen LogP contribution in [0.3, 0.4) is 0 Å². The van der Waals surface area contributed by atoms with Crippen molar-refractivity contribution in [2.24, 2.45) is 0 Å². The Morgan fingerprint density at radius 2 is 1.86 bits per heavy atom. The van der Waals surface area contributed by atoms with Gasteiger partial charge < -0.3 is 0 Å². The molecule has 1 heterocycles. The number of hydrogen-bond donors (Lipinski definition) is 1. The van der Waals surface area contributed by atoms with E-state index in [2.05, 4.69) is 4.72 Å². The molecule has 0 bridgehead atoms. The van der Waals surface area contributed by atoms with Crippen molar-refractivity contribution in [2.45, 2.75) is 37.1 Å². The zero-order chi connectivity index (χ0) is 15.7.